The first-order chi connectivity index (χ1) is 9.97. The molecular formula is C17H26O2S2. The highest BCUT2D eigenvalue weighted by Gasteiger charge is 2.62. The van der Waals surface area contributed by atoms with Gasteiger partial charge in [0, 0.05) is 23.3 Å². The fourth-order valence-corrected chi connectivity index (χ4v) is 9.12. The molecule has 0 amide bonds. The summed E-state index contributed by atoms with van der Waals surface area (Å²) in [7, 11) is 0. The third-order valence-corrected chi connectivity index (χ3v) is 10.9. The number of esters is 1. The van der Waals surface area contributed by atoms with E-state index in [1.54, 1.807) is 0 Å². The Hall–Kier alpha value is 0.170. The molecule has 6 atom stereocenters. The van der Waals surface area contributed by atoms with E-state index in [0.29, 0.717) is 27.2 Å². The van der Waals surface area contributed by atoms with E-state index in [1.165, 1.54) is 37.2 Å². The zero-order valence-electron chi connectivity index (χ0n) is 13.3. The molecule has 2 aliphatic carbocycles. The van der Waals surface area contributed by atoms with Gasteiger partial charge in [0.05, 0.1) is 10.00 Å². The average molecular weight is 327 g/mol. The van der Waals surface area contributed by atoms with Gasteiger partial charge >= 0.3 is 5.97 Å². The zero-order valence-corrected chi connectivity index (χ0v) is 14.9. The van der Waals surface area contributed by atoms with Gasteiger partial charge < -0.3 is 4.74 Å². The van der Waals surface area contributed by atoms with Crippen LogP contribution < -0.4 is 0 Å². The number of rotatable bonds is 0. The number of ether oxygens (including phenoxy) is 1. The summed E-state index contributed by atoms with van der Waals surface area (Å²) >= 11 is 4.37. The van der Waals surface area contributed by atoms with Crippen LogP contribution in [0, 0.1) is 29.1 Å². The maximum Gasteiger partial charge on any atom is 0.309 e. The Bertz CT molecular complexity index is 460. The van der Waals surface area contributed by atoms with Crippen molar-refractivity contribution in [1.82, 2.24) is 0 Å². The molecule has 4 heteroatoms. The highest BCUT2D eigenvalue weighted by molar-refractivity contribution is 8.21. The minimum atomic E-state index is 0.0628. The van der Waals surface area contributed by atoms with Crippen molar-refractivity contribution in [3.63, 3.8) is 0 Å². The van der Waals surface area contributed by atoms with E-state index >= 15 is 0 Å². The summed E-state index contributed by atoms with van der Waals surface area (Å²) in [5.41, 5.74) is 0.389. The minimum absolute atomic E-state index is 0.0628. The predicted octanol–water partition coefficient (Wildman–Crippen LogP) is 4.19. The van der Waals surface area contributed by atoms with Crippen LogP contribution in [0.4, 0.5) is 0 Å². The summed E-state index contributed by atoms with van der Waals surface area (Å²) in [5.74, 6) is 4.47. The molecule has 0 radical (unpaired) electrons. The lowest BCUT2D eigenvalue weighted by molar-refractivity contribution is -0.153. The van der Waals surface area contributed by atoms with Crippen molar-refractivity contribution in [1.29, 1.82) is 0 Å². The van der Waals surface area contributed by atoms with Crippen LogP contribution in [0.3, 0.4) is 0 Å². The fourth-order valence-electron chi connectivity index (χ4n) is 5.62. The molecule has 2 nitrogen and oxygen atoms in total. The summed E-state index contributed by atoms with van der Waals surface area (Å²) in [6.45, 7) is 7.00. The average Bonchev–Trinajstić information content (AvgIpc) is 3.03. The Morgan fingerprint density at radius 3 is 2.57 bits per heavy atom. The van der Waals surface area contributed by atoms with Crippen LogP contribution in [-0.2, 0) is 9.53 Å². The first kappa shape index (κ1) is 14.7. The van der Waals surface area contributed by atoms with Crippen molar-refractivity contribution in [2.45, 2.75) is 56.6 Å². The molecule has 1 spiro atoms. The molecule has 4 fully saturated rings. The molecule has 0 unspecified atom stereocenters. The lowest BCUT2D eigenvalue weighted by atomic mass is 9.53. The first-order valence-electron chi connectivity index (χ1n) is 8.45. The number of hydrogen-bond donors (Lipinski definition) is 0. The SMILES string of the molecule is C[C@@H]1C(=O)O[C@@H]2[C@H]1CC[C@@]1(C)CCC3(SCCS3)[C@@H](C)[C@@H]21. The molecule has 2 saturated heterocycles. The van der Waals surface area contributed by atoms with Gasteiger partial charge in [-0.1, -0.05) is 20.8 Å². The standard InChI is InChI=1S/C17H26O2S2/c1-10-12-4-5-16(3)6-7-17(20-8-9-21-17)11(2)13(16)14(12)19-15(10)18/h10-14H,4-9H2,1-3H3/t10-,11-,12-,13-,14+,16-/m0/s1. The highest BCUT2D eigenvalue weighted by Crippen LogP contribution is 2.66. The number of carbonyl (C=O) groups excluding carboxylic acids is 1. The van der Waals surface area contributed by atoms with Crippen molar-refractivity contribution in [3.8, 4) is 0 Å². The van der Waals surface area contributed by atoms with E-state index in [0.717, 1.165) is 0 Å². The highest BCUT2D eigenvalue weighted by atomic mass is 32.2. The van der Waals surface area contributed by atoms with Crippen LogP contribution in [0.2, 0.25) is 0 Å². The lowest BCUT2D eigenvalue weighted by Crippen LogP contribution is -2.55. The molecular weight excluding hydrogens is 300 g/mol. The van der Waals surface area contributed by atoms with E-state index in [-0.39, 0.29) is 18.0 Å². The first-order valence-corrected chi connectivity index (χ1v) is 10.4. The fraction of sp³-hybridized carbons (Fsp3) is 0.941. The molecule has 4 aliphatic rings. The van der Waals surface area contributed by atoms with Gasteiger partial charge in [-0.15, -0.1) is 23.5 Å². The van der Waals surface area contributed by atoms with E-state index < -0.39 is 0 Å². The summed E-state index contributed by atoms with van der Waals surface area (Å²) < 4.78 is 6.33. The van der Waals surface area contributed by atoms with Gasteiger partial charge in [0.1, 0.15) is 6.10 Å². The topological polar surface area (TPSA) is 26.3 Å². The lowest BCUT2D eigenvalue weighted by Gasteiger charge is -2.57. The van der Waals surface area contributed by atoms with Crippen molar-refractivity contribution in [2.24, 2.45) is 29.1 Å². The van der Waals surface area contributed by atoms with E-state index in [2.05, 4.69) is 44.3 Å². The smallest absolute Gasteiger partial charge is 0.309 e. The van der Waals surface area contributed by atoms with Gasteiger partial charge in [-0.05, 0) is 37.0 Å². The number of fused-ring (bicyclic) bond motifs is 3. The van der Waals surface area contributed by atoms with Gasteiger partial charge in [-0.3, -0.25) is 4.79 Å². The second-order valence-electron chi connectivity index (χ2n) is 7.87. The normalized spacial score (nSPS) is 51.6. The number of thioether (sulfide) groups is 2. The van der Waals surface area contributed by atoms with Crippen molar-refractivity contribution < 1.29 is 9.53 Å². The maximum atomic E-state index is 12.1. The summed E-state index contributed by atoms with van der Waals surface area (Å²) in [6, 6.07) is 0. The third kappa shape index (κ3) is 1.97. The Morgan fingerprint density at radius 2 is 1.86 bits per heavy atom. The van der Waals surface area contributed by atoms with Gasteiger partial charge in [0.2, 0.25) is 0 Å². The van der Waals surface area contributed by atoms with E-state index in [4.69, 9.17) is 4.74 Å². The molecule has 2 saturated carbocycles. The maximum absolute atomic E-state index is 12.1. The Morgan fingerprint density at radius 1 is 1.14 bits per heavy atom. The monoisotopic (exact) mass is 326 g/mol. The van der Waals surface area contributed by atoms with Crippen molar-refractivity contribution >= 4 is 29.5 Å². The van der Waals surface area contributed by atoms with Gasteiger partial charge in [0.15, 0.2) is 0 Å². The second-order valence-corrected chi connectivity index (χ2v) is 11.0. The molecule has 0 aromatic heterocycles. The number of hydrogen-bond acceptors (Lipinski definition) is 4. The van der Waals surface area contributed by atoms with Crippen LogP contribution in [0.15, 0.2) is 0 Å². The van der Waals surface area contributed by atoms with Crippen molar-refractivity contribution in [3.05, 3.63) is 0 Å². The van der Waals surface area contributed by atoms with E-state index in [9.17, 15) is 4.79 Å². The number of carbonyl (C=O) groups is 1. The van der Waals surface area contributed by atoms with Crippen molar-refractivity contribution in [2.75, 3.05) is 11.5 Å². The van der Waals surface area contributed by atoms with Gasteiger partial charge in [-0.2, -0.15) is 0 Å². The molecule has 118 valence electrons. The minimum Gasteiger partial charge on any atom is -0.462 e. The van der Waals surface area contributed by atoms with Crippen LogP contribution >= 0.6 is 23.5 Å². The molecule has 2 aliphatic heterocycles. The van der Waals surface area contributed by atoms with Gasteiger partial charge in [-0.25, -0.2) is 0 Å². The molecule has 21 heavy (non-hydrogen) atoms. The zero-order chi connectivity index (χ0) is 14.8. The van der Waals surface area contributed by atoms with E-state index in [1.807, 2.05) is 0 Å². The predicted molar refractivity (Wildman–Crippen MR) is 89.4 cm³/mol. The Labute approximate surface area is 136 Å². The third-order valence-electron chi connectivity index (χ3n) is 6.95. The molecule has 0 bridgehead atoms. The Balaban J connectivity index is 1.69. The second kappa shape index (κ2) is 4.83. The van der Waals surface area contributed by atoms with Crippen LogP contribution in [0.1, 0.15) is 46.5 Å². The molecule has 0 aromatic rings. The molecule has 0 N–H and O–H groups in total. The van der Waals surface area contributed by atoms with Crippen LogP contribution in [0.25, 0.3) is 0 Å². The quantitative estimate of drug-likeness (QED) is 0.624. The Kier molecular flexibility index (Phi) is 3.39. The molecule has 4 rings (SSSR count). The largest absolute Gasteiger partial charge is 0.462 e. The van der Waals surface area contributed by atoms with Gasteiger partial charge in [0.25, 0.3) is 0 Å². The van der Waals surface area contributed by atoms with Crippen LogP contribution in [-0.4, -0.2) is 27.7 Å². The molecule has 0 aromatic carbocycles. The molecule has 2 heterocycles. The van der Waals surface area contributed by atoms with Crippen LogP contribution in [0.5, 0.6) is 0 Å². The summed E-state index contributed by atoms with van der Waals surface area (Å²) in [4.78, 5) is 12.1. The summed E-state index contributed by atoms with van der Waals surface area (Å²) in [5, 5.41) is 0. The summed E-state index contributed by atoms with van der Waals surface area (Å²) in [6.07, 6.45) is 5.33.